The molecule has 2 aliphatic heterocycles. The number of morpholine rings is 1. The number of fused-ring (bicyclic) bond motifs is 1. The van der Waals surface area contributed by atoms with Crippen molar-refractivity contribution in [2.45, 2.75) is 12.6 Å². The Morgan fingerprint density at radius 2 is 1.82 bits per heavy atom. The van der Waals surface area contributed by atoms with Gasteiger partial charge in [-0.3, -0.25) is 9.59 Å². The average molecular weight is 466 g/mol. The molecule has 2 aromatic carbocycles. The molecule has 0 N–H and O–H groups in total. The molecule has 8 nitrogen and oxygen atoms in total. The predicted octanol–water partition coefficient (Wildman–Crippen LogP) is 3.33. The maximum atomic E-state index is 13.3. The quantitative estimate of drug-likeness (QED) is 0.554. The molecule has 1 fully saturated rings. The Morgan fingerprint density at radius 3 is 2.62 bits per heavy atom. The van der Waals surface area contributed by atoms with Gasteiger partial charge in [0, 0.05) is 30.8 Å². The number of rotatable bonds is 6. The van der Waals surface area contributed by atoms with E-state index < -0.39 is 11.9 Å². The van der Waals surface area contributed by atoms with Gasteiger partial charge in [-0.05, 0) is 54.6 Å². The van der Waals surface area contributed by atoms with Gasteiger partial charge in [0.25, 0.3) is 11.8 Å². The van der Waals surface area contributed by atoms with Crippen LogP contribution < -0.4 is 9.47 Å². The fourth-order valence-electron chi connectivity index (χ4n) is 4.06. The first-order chi connectivity index (χ1) is 16.6. The molecule has 34 heavy (non-hydrogen) atoms. The number of amides is 2. The molecule has 5 rings (SSSR count). The van der Waals surface area contributed by atoms with E-state index >= 15 is 0 Å². The summed E-state index contributed by atoms with van der Waals surface area (Å²) in [7, 11) is 0. The van der Waals surface area contributed by atoms with Gasteiger partial charge in [0.05, 0.1) is 25.5 Å². The predicted molar refractivity (Wildman–Crippen MR) is 118 cm³/mol. The standard InChI is InChI=1S/C25H23FN2O6/c26-19-6-3-17(4-7-19)24(29)28(13-20-2-1-10-31-20)15-21-14-27(9-11-32-21)25(30)18-5-8-22-23(12-18)34-16-33-22/h1-8,10,12,21H,9,11,13-16H2. The minimum Gasteiger partial charge on any atom is -0.467 e. The second-order valence-electron chi connectivity index (χ2n) is 8.08. The number of nitrogens with zero attached hydrogens (tertiary/aromatic N) is 2. The lowest BCUT2D eigenvalue weighted by Gasteiger charge is -2.35. The number of carbonyl (C=O) groups excluding carboxylic acids is 2. The third-order valence-corrected chi connectivity index (χ3v) is 5.77. The van der Waals surface area contributed by atoms with Crippen LogP contribution >= 0.6 is 0 Å². The van der Waals surface area contributed by atoms with Crippen molar-refractivity contribution >= 4 is 11.8 Å². The first-order valence-corrected chi connectivity index (χ1v) is 10.9. The van der Waals surface area contributed by atoms with Crippen LogP contribution in [0.15, 0.2) is 65.3 Å². The van der Waals surface area contributed by atoms with Crippen molar-refractivity contribution in [3.05, 3.63) is 83.6 Å². The molecule has 0 aliphatic carbocycles. The average Bonchev–Trinajstić information content (AvgIpc) is 3.55. The van der Waals surface area contributed by atoms with Crippen molar-refractivity contribution in [1.82, 2.24) is 9.80 Å². The highest BCUT2D eigenvalue weighted by Gasteiger charge is 2.29. The van der Waals surface area contributed by atoms with Crippen LogP contribution in [0.2, 0.25) is 0 Å². The molecule has 176 valence electrons. The molecule has 1 saturated heterocycles. The van der Waals surface area contributed by atoms with Gasteiger partial charge in [-0.1, -0.05) is 0 Å². The van der Waals surface area contributed by atoms with Crippen molar-refractivity contribution < 1.29 is 32.6 Å². The van der Waals surface area contributed by atoms with E-state index in [1.54, 1.807) is 46.4 Å². The number of benzene rings is 2. The van der Waals surface area contributed by atoms with Gasteiger partial charge < -0.3 is 28.4 Å². The highest BCUT2D eigenvalue weighted by molar-refractivity contribution is 5.95. The minimum absolute atomic E-state index is 0.139. The summed E-state index contributed by atoms with van der Waals surface area (Å²) < 4.78 is 35.4. The molecule has 9 heteroatoms. The molecule has 3 heterocycles. The van der Waals surface area contributed by atoms with E-state index in [9.17, 15) is 14.0 Å². The van der Waals surface area contributed by atoms with Crippen LogP contribution in [-0.4, -0.2) is 60.8 Å². The molecular formula is C25H23FN2O6. The van der Waals surface area contributed by atoms with Crippen LogP contribution in [0, 0.1) is 5.82 Å². The highest BCUT2D eigenvalue weighted by atomic mass is 19.1. The Morgan fingerprint density at radius 1 is 1.03 bits per heavy atom. The fourth-order valence-corrected chi connectivity index (χ4v) is 4.06. The Balaban J connectivity index is 1.30. The fraction of sp³-hybridized carbons (Fsp3) is 0.280. The lowest BCUT2D eigenvalue weighted by Crippen LogP contribution is -2.50. The van der Waals surface area contributed by atoms with Gasteiger partial charge in [0.2, 0.25) is 6.79 Å². The van der Waals surface area contributed by atoms with Crippen LogP contribution in [0.1, 0.15) is 26.5 Å². The van der Waals surface area contributed by atoms with E-state index in [4.69, 9.17) is 18.6 Å². The molecule has 2 amide bonds. The molecule has 0 spiro atoms. The zero-order chi connectivity index (χ0) is 23.5. The molecule has 3 aromatic rings. The second kappa shape index (κ2) is 9.56. The van der Waals surface area contributed by atoms with Crippen LogP contribution in [0.4, 0.5) is 4.39 Å². The van der Waals surface area contributed by atoms with Crippen molar-refractivity contribution in [3.8, 4) is 11.5 Å². The van der Waals surface area contributed by atoms with Crippen molar-refractivity contribution in [3.63, 3.8) is 0 Å². The molecule has 1 aromatic heterocycles. The maximum Gasteiger partial charge on any atom is 0.254 e. The summed E-state index contributed by atoms with van der Waals surface area (Å²) in [6.45, 7) is 1.70. The van der Waals surface area contributed by atoms with Crippen LogP contribution in [0.5, 0.6) is 11.5 Å². The Bertz CT molecular complexity index is 1160. The molecule has 2 aliphatic rings. The van der Waals surface area contributed by atoms with Crippen LogP contribution in [0.3, 0.4) is 0 Å². The number of furan rings is 1. The van der Waals surface area contributed by atoms with Crippen molar-refractivity contribution in [2.75, 3.05) is 33.0 Å². The molecule has 0 bridgehead atoms. The van der Waals surface area contributed by atoms with Gasteiger partial charge in [-0.15, -0.1) is 0 Å². The summed E-state index contributed by atoms with van der Waals surface area (Å²) in [6, 6.07) is 14.0. The van der Waals surface area contributed by atoms with E-state index in [1.807, 2.05) is 0 Å². The monoisotopic (exact) mass is 466 g/mol. The summed E-state index contributed by atoms with van der Waals surface area (Å²) in [5.74, 6) is 0.935. The van der Waals surface area contributed by atoms with E-state index in [0.717, 1.165) is 0 Å². The van der Waals surface area contributed by atoms with Crippen molar-refractivity contribution in [2.24, 2.45) is 0 Å². The van der Waals surface area contributed by atoms with E-state index in [2.05, 4.69) is 0 Å². The Hall–Kier alpha value is -3.85. The summed E-state index contributed by atoms with van der Waals surface area (Å²) >= 11 is 0. The SMILES string of the molecule is O=C(c1ccc2c(c1)OCO2)N1CCOC(CN(Cc2ccco2)C(=O)c2ccc(F)cc2)C1. The molecule has 1 atom stereocenters. The molecule has 0 saturated carbocycles. The lowest BCUT2D eigenvalue weighted by molar-refractivity contribution is -0.0344. The van der Waals surface area contributed by atoms with Crippen LogP contribution in [-0.2, 0) is 11.3 Å². The first kappa shape index (κ1) is 22.0. The summed E-state index contributed by atoms with van der Waals surface area (Å²) in [5.41, 5.74) is 0.858. The first-order valence-electron chi connectivity index (χ1n) is 10.9. The number of hydrogen-bond donors (Lipinski definition) is 0. The van der Waals surface area contributed by atoms with Gasteiger partial charge in [0.15, 0.2) is 11.5 Å². The van der Waals surface area contributed by atoms with E-state index in [-0.39, 0.29) is 31.7 Å². The summed E-state index contributed by atoms with van der Waals surface area (Å²) in [4.78, 5) is 29.6. The highest BCUT2D eigenvalue weighted by Crippen LogP contribution is 2.33. The normalized spacial score (nSPS) is 17.0. The Kier molecular flexibility index (Phi) is 6.18. The zero-order valence-electron chi connectivity index (χ0n) is 18.3. The summed E-state index contributed by atoms with van der Waals surface area (Å²) in [5, 5.41) is 0. The lowest BCUT2D eigenvalue weighted by atomic mass is 10.1. The minimum atomic E-state index is -0.414. The largest absolute Gasteiger partial charge is 0.467 e. The summed E-state index contributed by atoms with van der Waals surface area (Å²) in [6.07, 6.45) is 1.14. The topological polar surface area (TPSA) is 81.4 Å². The van der Waals surface area contributed by atoms with Gasteiger partial charge in [-0.25, -0.2) is 4.39 Å². The number of hydrogen-bond acceptors (Lipinski definition) is 6. The van der Waals surface area contributed by atoms with Crippen molar-refractivity contribution in [1.29, 1.82) is 0 Å². The smallest absolute Gasteiger partial charge is 0.254 e. The van der Waals surface area contributed by atoms with E-state index in [1.165, 1.54) is 24.3 Å². The van der Waals surface area contributed by atoms with Gasteiger partial charge in [0.1, 0.15) is 11.6 Å². The van der Waals surface area contributed by atoms with Gasteiger partial charge >= 0.3 is 0 Å². The molecule has 1 unspecified atom stereocenters. The third-order valence-electron chi connectivity index (χ3n) is 5.77. The number of ether oxygens (including phenoxy) is 3. The maximum absolute atomic E-state index is 13.3. The Labute approximate surface area is 195 Å². The molecular weight excluding hydrogens is 443 g/mol. The third kappa shape index (κ3) is 4.74. The number of carbonyl (C=O) groups is 2. The van der Waals surface area contributed by atoms with Gasteiger partial charge in [-0.2, -0.15) is 0 Å². The van der Waals surface area contributed by atoms with Crippen LogP contribution in [0.25, 0.3) is 0 Å². The van der Waals surface area contributed by atoms with E-state index in [0.29, 0.717) is 48.1 Å². The number of halogens is 1. The zero-order valence-corrected chi connectivity index (χ0v) is 18.3. The second-order valence-corrected chi connectivity index (χ2v) is 8.08. The molecule has 0 radical (unpaired) electrons.